The second-order valence-corrected chi connectivity index (χ2v) is 9.11. The van der Waals surface area contributed by atoms with Crippen LogP contribution in [0, 0.1) is 0 Å². The van der Waals surface area contributed by atoms with E-state index >= 15 is 0 Å². The number of hydrogen-bond acceptors (Lipinski definition) is 6. The predicted molar refractivity (Wildman–Crippen MR) is 129 cm³/mol. The fourth-order valence-electron chi connectivity index (χ4n) is 4.77. The molecular formula is C25H26FN7O. The van der Waals surface area contributed by atoms with Crippen LogP contribution in [-0.4, -0.2) is 37.5 Å². The molecule has 0 saturated heterocycles. The number of halogens is 1. The minimum absolute atomic E-state index is 0.158. The van der Waals surface area contributed by atoms with Crippen molar-refractivity contribution in [3.63, 3.8) is 0 Å². The summed E-state index contributed by atoms with van der Waals surface area (Å²) in [7, 11) is 0. The Morgan fingerprint density at radius 3 is 2.85 bits per heavy atom. The maximum Gasteiger partial charge on any atom is 0.278 e. The lowest BCUT2D eigenvalue weighted by Crippen LogP contribution is -2.23. The van der Waals surface area contributed by atoms with Gasteiger partial charge in [0.2, 0.25) is 5.95 Å². The Morgan fingerprint density at radius 2 is 2.06 bits per heavy atom. The van der Waals surface area contributed by atoms with E-state index in [9.17, 15) is 9.18 Å². The van der Waals surface area contributed by atoms with E-state index < -0.39 is 12.1 Å². The summed E-state index contributed by atoms with van der Waals surface area (Å²) in [6, 6.07) is 9.99. The van der Waals surface area contributed by atoms with Crippen LogP contribution in [0.5, 0.6) is 0 Å². The average Bonchev–Trinajstić information content (AvgIpc) is 3.63. The predicted octanol–water partition coefficient (Wildman–Crippen LogP) is 3.39. The molecule has 2 aliphatic rings. The van der Waals surface area contributed by atoms with Crippen molar-refractivity contribution in [1.29, 1.82) is 0 Å². The topological polar surface area (TPSA) is 89.7 Å². The SMILES string of the molecule is CCn1c(=O)c2cnc(Nc3ccc4c(c3)CNCC4)nc2n1-c1ccnc(C2(CF)CC2)c1. The monoisotopic (exact) mass is 459 g/mol. The zero-order chi connectivity index (χ0) is 23.3. The number of anilines is 2. The zero-order valence-electron chi connectivity index (χ0n) is 19.0. The molecule has 1 aromatic carbocycles. The largest absolute Gasteiger partial charge is 0.324 e. The van der Waals surface area contributed by atoms with Crippen molar-refractivity contribution < 1.29 is 4.39 Å². The maximum absolute atomic E-state index is 13.7. The highest BCUT2D eigenvalue weighted by atomic mass is 19.1. The van der Waals surface area contributed by atoms with Gasteiger partial charge in [0.05, 0.1) is 11.4 Å². The summed E-state index contributed by atoms with van der Waals surface area (Å²) in [5.41, 5.74) is 4.83. The second kappa shape index (κ2) is 8.02. The summed E-state index contributed by atoms with van der Waals surface area (Å²) < 4.78 is 17.1. The zero-order valence-corrected chi connectivity index (χ0v) is 19.0. The summed E-state index contributed by atoms with van der Waals surface area (Å²) in [5.74, 6) is 0.412. The fourth-order valence-corrected chi connectivity index (χ4v) is 4.77. The second-order valence-electron chi connectivity index (χ2n) is 9.11. The molecule has 0 radical (unpaired) electrons. The van der Waals surface area contributed by atoms with E-state index in [2.05, 4.69) is 32.7 Å². The maximum atomic E-state index is 13.7. The molecule has 0 amide bonds. The number of pyridine rings is 1. The Labute approximate surface area is 195 Å². The normalized spacial score (nSPS) is 16.4. The Hall–Kier alpha value is -3.59. The van der Waals surface area contributed by atoms with E-state index in [1.165, 1.54) is 11.1 Å². The van der Waals surface area contributed by atoms with Gasteiger partial charge >= 0.3 is 0 Å². The quantitative estimate of drug-likeness (QED) is 0.460. The molecule has 0 unspecified atom stereocenters. The van der Waals surface area contributed by atoms with Gasteiger partial charge in [-0.1, -0.05) is 6.07 Å². The molecule has 1 saturated carbocycles. The van der Waals surface area contributed by atoms with Crippen molar-refractivity contribution in [2.75, 3.05) is 18.5 Å². The van der Waals surface area contributed by atoms with Crippen LogP contribution in [-0.2, 0) is 24.9 Å². The van der Waals surface area contributed by atoms with Crippen LogP contribution in [0.25, 0.3) is 16.7 Å². The number of nitrogens with zero attached hydrogens (tertiary/aromatic N) is 5. The molecule has 9 heteroatoms. The lowest BCUT2D eigenvalue weighted by atomic mass is 10.0. The molecule has 4 aromatic rings. The highest BCUT2D eigenvalue weighted by Gasteiger charge is 2.46. The number of alkyl halides is 1. The minimum Gasteiger partial charge on any atom is -0.324 e. The lowest BCUT2D eigenvalue weighted by Gasteiger charge is -2.18. The summed E-state index contributed by atoms with van der Waals surface area (Å²) in [6.07, 6.45) is 5.85. The molecule has 2 N–H and O–H groups in total. The molecular weight excluding hydrogens is 433 g/mol. The van der Waals surface area contributed by atoms with Gasteiger partial charge in [0.1, 0.15) is 12.1 Å². The first-order chi connectivity index (χ1) is 16.6. The van der Waals surface area contributed by atoms with Crippen molar-refractivity contribution in [3.05, 3.63) is 69.9 Å². The van der Waals surface area contributed by atoms with E-state index in [1.807, 2.05) is 25.1 Å². The van der Waals surface area contributed by atoms with Crippen molar-refractivity contribution in [3.8, 4) is 5.69 Å². The fraction of sp³-hybridized carbons (Fsp3) is 0.360. The lowest BCUT2D eigenvalue weighted by molar-refractivity contribution is 0.412. The molecule has 1 aliphatic carbocycles. The van der Waals surface area contributed by atoms with Gasteiger partial charge in [0.15, 0.2) is 5.65 Å². The van der Waals surface area contributed by atoms with Crippen LogP contribution in [0.4, 0.5) is 16.0 Å². The number of fused-ring (bicyclic) bond motifs is 2. The molecule has 174 valence electrons. The number of hydrogen-bond donors (Lipinski definition) is 2. The van der Waals surface area contributed by atoms with Gasteiger partial charge in [0, 0.05) is 36.6 Å². The van der Waals surface area contributed by atoms with Crippen molar-refractivity contribution >= 4 is 22.7 Å². The summed E-state index contributed by atoms with van der Waals surface area (Å²) in [6.45, 7) is 3.78. The third-order valence-corrected chi connectivity index (χ3v) is 6.96. The third-order valence-electron chi connectivity index (χ3n) is 6.96. The highest BCUT2D eigenvalue weighted by Crippen LogP contribution is 2.47. The van der Waals surface area contributed by atoms with Crippen LogP contribution in [0.1, 0.15) is 36.6 Å². The van der Waals surface area contributed by atoms with Crippen LogP contribution in [0.3, 0.4) is 0 Å². The Bertz CT molecular complexity index is 1450. The average molecular weight is 460 g/mol. The van der Waals surface area contributed by atoms with E-state index in [1.54, 1.807) is 21.8 Å². The molecule has 0 bridgehead atoms. The van der Waals surface area contributed by atoms with Crippen LogP contribution < -0.4 is 16.2 Å². The van der Waals surface area contributed by atoms with Gasteiger partial charge in [0.25, 0.3) is 5.56 Å². The Balaban J connectivity index is 1.43. The van der Waals surface area contributed by atoms with Crippen LogP contribution >= 0.6 is 0 Å². The molecule has 34 heavy (non-hydrogen) atoms. The van der Waals surface area contributed by atoms with Crippen LogP contribution in [0.15, 0.2) is 47.5 Å². The van der Waals surface area contributed by atoms with Gasteiger partial charge in [-0.2, -0.15) is 4.98 Å². The standard InChI is InChI=1S/C25H26FN7O/c1-2-32-23(34)20-14-29-24(30-18-4-3-16-5-9-27-13-17(16)11-18)31-22(20)33(32)19-6-10-28-21(12-19)25(15-26)7-8-25/h3-4,6,10-12,14,27H,2,5,7-9,13,15H2,1H3,(H,29,30,31). The van der Waals surface area contributed by atoms with Gasteiger partial charge in [-0.15, -0.1) is 0 Å². The molecule has 4 heterocycles. The van der Waals surface area contributed by atoms with Gasteiger partial charge in [-0.3, -0.25) is 14.2 Å². The van der Waals surface area contributed by atoms with Gasteiger partial charge in [-0.05, 0) is 68.1 Å². The molecule has 1 aliphatic heterocycles. The summed E-state index contributed by atoms with van der Waals surface area (Å²) >= 11 is 0. The smallest absolute Gasteiger partial charge is 0.278 e. The third kappa shape index (κ3) is 3.38. The molecule has 3 aromatic heterocycles. The number of rotatable bonds is 6. The highest BCUT2D eigenvalue weighted by molar-refractivity contribution is 5.77. The van der Waals surface area contributed by atoms with Crippen LogP contribution in [0.2, 0.25) is 0 Å². The van der Waals surface area contributed by atoms with Crippen molar-refractivity contribution in [1.82, 2.24) is 29.6 Å². The molecule has 6 rings (SSSR count). The number of nitrogens with one attached hydrogen (secondary N) is 2. The van der Waals surface area contributed by atoms with Crippen molar-refractivity contribution in [2.24, 2.45) is 0 Å². The summed E-state index contributed by atoms with van der Waals surface area (Å²) in [5, 5.41) is 7.12. The Morgan fingerprint density at radius 1 is 1.18 bits per heavy atom. The van der Waals surface area contributed by atoms with Crippen molar-refractivity contribution in [2.45, 2.75) is 44.7 Å². The van der Waals surface area contributed by atoms with E-state index in [0.717, 1.165) is 49.4 Å². The first-order valence-electron chi connectivity index (χ1n) is 11.7. The first kappa shape index (κ1) is 21.0. The molecule has 1 fully saturated rings. The Kier molecular flexibility index (Phi) is 4.95. The van der Waals surface area contributed by atoms with Gasteiger partial charge in [-0.25, -0.2) is 14.3 Å². The summed E-state index contributed by atoms with van der Waals surface area (Å²) in [4.78, 5) is 26.7. The van der Waals surface area contributed by atoms with E-state index in [-0.39, 0.29) is 5.56 Å². The molecule has 0 spiro atoms. The number of aromatic nitrogens is 5. The molecule has 0 atom stereocenters. The first-order valence-corrected chi connectivity index (χ1v) is 11.7. The van der Waals surface area contributed by atoms with Gasteiger partial charge < -0.3 is 10.6 Å². The number of benzene rings is 1. The molecule has 8 nitrogen and oxygen atoms in total. The van der Waals surface area contributed by atoms with E-state index in [0.29, 0.717) is 23.5 Å². The minimum atomic E-state index is -0.487. The van der Waals surface area contributed by atoms with E-state index in [4.69, 9.17) is 4.98 Å².